The van der Waals surface area contributed by atoms with Crippen LogP contribution in [0.1, 0.15) is 20.8 Å². The molecule has 0 aromatic rings. The standard InChI is InChI=1S/C8H20N2O3S/c1-5-10(6-7-11)14(12,13)9(4)8(2)3/h8,11H,5-7H2,1-4H3. The molecule has 0 aliphatic rings. The maximum absolute atomic E-state index is 11.8. The van der Waals surface area contributed by atoms with E-state index in [0.717, 1.165) is 0 Å². The lowest BCUT2D eigenvalue weighted by Crippen LogP contribution is -2.45. The van der Waals surface area contributed by atoms with Crippen molar-refractivity contribution in [2.45, 2.75) is 26.8 Å². The van der Waals surface area contributed by atoms with Crippen molar-refractivity contribution in [2.24, 2.45) is 0 Å². The highest BCUT2D eigenvalue weighted by Crippen LogP contribution is 2.08. The third-order valence-electron chi connectivity index (χ3n) is 2.12. The molecule has 86 valence electrons. The fourth-order valence-corrected chi connectivity index (χ4v) is 2.53. The second kappa shape index (κ2) is 5.65. The average molecular weight is 224 g/mol. The molecular formula is C8H20N2O3S. The summed E-state index contributed by atoms with van der Waals surface area (Å²) in [7, 11) is -1.86. The van der Waals surface area contributed by atoms with E-state index in [1.54, 1.807) is 14.0 Å². The Bertz CT molecular complexity index is 251. The van der Waals surface area contributed by atoms with Crippen LogP contribution in [0.4, 0.5) is 0 Å². The summed E-state index contributed by atoms with van der Waals surface area (Å²) in [6.07, 6.45) is 0. The molecule has 14 heavy (non-hydrogen) atoms. The van der Waals surface area contributed by atoms with Gasteiger partial charge < -0.3 is 5.11 Å². The molecule has 0 saturated heterocycles. The molecule has 0 heterocycles. The van der Waals surface area contributed by atoms with Gasteiger partial charge in [0.2, 0.25) is 0 Å². The van der Waals surface area contributed by atoms with E-state index in [0.29, 0.717) is 6.54 Å². The summed E-state index contributed by atoms with van der Waals surface area (Å²) >= 11 is 0. The summed E-state index contributed by atoms with van der Waals surface area (Å²) in [6, 6.07) is -0.0762. The van der Waals surface area contributed by atoms with Crippen LogP contribution in [-0.4, -0.2) is 54.9 Å². The van der Waals surface area contributed by atoms with Crippen LogP contribution in [0.25, 0.3) is 0 Å². The number of hydrogen-bond donors (Lipinski definition) is 1. The monoisotopic (exact) mass is 224 g/mol. The molecule has 0 rings (SSSR count). The van der Waals surface area contributed by atoms with Crippen molar-refractivity contribution in [2.75, 3.05) is 26.7 Å². The molecule has 0 amide bonds. The number of rotatable bonds is 6. The van der Waals surface area contributed by atoms with Crippen LogP contribution in [-0.2, 0) is 10.2 Å². The van der Waals surface area contributed by atoms with Gasteiger partial charge in [-0.3, -0.25) is 0 Å². The van der Waals surface area contributed by atoms with E-state index in [9.17, 15) is 8.42 Å². The lowest BCUT2D eigenvalue weighted by molar-refractivity contribution is 0.247. The number of nitrogens with zero attached hydrogens (tertiary/aromatic N) is 2. The third kappa shape index (κ3) is 3.20. The highest BCUT2D eigenvalue weighted by molar-refractivity contribution is 7.86. The van der Waals surface area contributed by atoms with Crippen LogP contribution in [0.3, 0.4) is 0 Å². The first-order valence-electron chi connectivity index (χ1n) is 4.71. The summed E-state index contributed by atoms with van der Waals surface area (Å²) in [5, 5.41) is 8.73. The van der Waals surface area contributed by atoms with Gasteiger partial charge in [0, 0.05) is 26.2 Å². The van der Waals surface area contributed by atoms with E-state index >= 15 is 0 Å². The Morgan fingerprint density at radius 3 is 2.14 bits per heavy atom. The van der Waals surface area contributed by atoms with Crippen molar-refractivity contribution < 1.29 is 13.5 Å². The van der Waals surface area contributed by atoms with Crippen molar-refractivity contribution in [3.8, 4) is 0 Å². The van der Waals surface area contributed by atoms with Gasteiger partial charge in [-0.25, -0.2) is 0 Å². The topological polar surface area (TPSA) is 60.9 Å². The zero-order chi connectivity index (χ0) is 11.4. The van der Waals surface area contributed by atoms with Crippen molar-refractivity contribution in [1.82, 2.24) is 8.61 Å². The predicted molar refractivity (Wildman–Crippen MR) is 56.2 cm³/mol. The largest absolute Gasteiger partial charge is 0.395 e. The summed E-state index contributed by atoms with van der Waals surface area (Å²) in [4.78, 5) is 0. The first kappa shape index (κ1) is 13.8. The highest BCUT2D eigenvalue weighted by Gasteiger charge is 2.26. The number of likely N-dealkylation sites (N-methyl/N-ethyl adjacent to an activating group) is 1. The predicted octanol–water partition coefficient (Wildman–Crippen LogP) is -0.114. The Hall–Kier alpha value is -0.170. The van der Waals surface area contributed by atoms with Gasteiger partial charge in [0.05, 0.1) is 6.61 Å². The van der Waals surface area contributed by atoms with E-state index in [4.69, 9.17) is 5.11 Å². The quantitative estimate of drug-likeness (QED) is 0.684. The molecule has 0 saturated carbocycles. The third-order valence-corrected chi connectivity index (χ3v) is 4.36. The molecule has 0 aliphatic heterocycles. The van der Waals surface area contributed by atoms with E-state index in [1.807, 2.05) is 13.8 Å². The van der Waals surface area contributed by atoms with Crippen molar-refractivity contribution >= 4 is 10.2 Å². The number of hydrogen-bond acceptors (Lipinski definition) is 3. The molecule has 0 unspecified atom stereocenters. The summed E-state index contributed by atoms with van der Waals surface area (Å²) in [5.74, 6) is 0. The van der Waals surface area contributed by atoms with Crippen LogP contribution < -0.4 is 0 Å². The minimum absolute atomic E-state index is 0.0762. The molecule has 6 heteroatoms. The zero-order valence-corrected chi connectivity index (χ0v) is 10.1. The molecule has 0 fully saturated rings. The van der Waals surface area contributed by atoms with Gasteiger partial charge in [-0.1, -0.05) is 6.92 Å². The summed E-state index contributed by atoms with van der Waals surface area (Å²) in [5.41, 5.74) is 0. The van der Waals surface area contributed by atoms with Gasteiger partial charge in [0.25, 0.3) is 10.2 Å². The Morgan fingerprint density at radius 1 is 1.36 bits per heavy atom. The number of aliphatic hydroxyl groups is 1. The summed E-state index contributed by atoms with van der Waals surface area (Å²) < 4.78 is 26.2. The van der Waals surface area contributed by atoms with Crippen LogP contribution in [0.15, 0.2) is 0 Å². The normalized spacial score (nSPS) is 13.1. The Morgan fingerprint density at radius 2 is 1.86 bits per heavy atom. The SMILES string of the molecule is CCN(CCO)S(=O)(=O)N(C)C(C)C. The van der Waals surface area contributed by atoms with Crippen molar-refractivity contribution in [3.05, 3.63) is 0 Å². The molecular weight excluding hydrogens is 204 g/mol. The molecule has 0 atom stereocenters. The van der Waals surface area contributed by atoms with Crippen LogP contribution in [0.2, 0.25) is 0 Å². The van der Waals surface area contributed by atoms with E-state index < -0.39 is 10.2 Å². The molecule has 0 aromatic heterocycles. The number of aliphatic hydroxyl groups excluding tert-OH is 1. The van der Waals surface area contributed by atoms with E-state index in [2.05, 4.69) is 0 Å². The second-order valence-corrected chi connectivity index (χ2v) is 5.32. The van der Waals surface area contributed by atoms with E-state index in [-0.39, 0.29) is 19.2 Å². The molecule has 1 N–H and O–H groups in total. The maximum atomic E-state index is 11.8. The van der Waals surface area contributed by atoms with Crippen LogP contribution in [0, 0.1) is 0 Å². The molecule has 0 bridgehead atoms. The molecule has 0 aliphatic carbocycles. The van der Waals surface area contributed by atoms with Crippen LogP contribution in [0.5, 0.6) is 0 Å². The maximum Gasteiger partial charge on any atom is 0.282 e. The van der Waals surface area contributed by atoms with Crippen molar-refractivity contribution in [1.29, 1.82) is 0 Å². The van der Waals surface area contributed by atoms with Gasteiger partial charge in [-0.05, 0) is 13.8 Å². The smallest absolute Gasteiger partial charge is 0.282 e. The van der Waals surface area contributed by atoms with Gasteiger partial charge in [-0.15, -0.1) is 0 Å². The van der Waals surface area contributed by atoms with Crippen molar-refractivity contribution in [3.63, 3.8) is 0 Å². The van der Waals surface area contributed by atoms with Crippen LogP contribution >= 0.6 is 0 Å². The first-order valence-corrected chi connectivity index (χ1v) is 6.11. The lowest BCUT2D eigenvalue weighted by atomic mass is 10.4. The average Bonchev–Trinajstić information content (AvgIpc) is 2.12. The van der Waals surface area contributed by atoms with Gasteiger partial charge in [0.1, 0.15) is 0 Å². The highest BCUT2D eigenvalue weighted by atomic mass is 32.2. The summed E-state index contributed by atoms with van der Waals surface area (Å²) in [6.45, 7) is 5.74. The Balaban J connectivity index is 4.73. The Kier molecular flexibility index (Phi) is 5.58. The molecule has 0 radical (unpaired) electrons. The molecule has 0 aromatic carbocycles. The van der Waals surface area contributed by atoms with Gasteiger partial charge in [0.15, 0.2) is 0 Å². The zero-order valence-electron chi connectivity index (χ0n) is 9.27. The molecule has 0 spiro atoms. The first-order chi connectivity index (χ1) is 6.37. The second-order valence-electron chi connectivity index (χ2n) is 3.33. The molecule has 5 nitrogen and oxygen atoms in total. The minimum Gasteiger partial charge on any atom is -0.395 e. The lowest BCUT2D eigenvalue weighted by Gasteiger charge is -2.28. The van der Waals surface area contributed by atoms with Gasteiger partial charge in [-0.2, -0.15) is 17.0 Å². The Labute approximate surface area is 86.5 Å². The fraction of sp³-hybridized carbons (Fsp3) is 1.00. The van der Waals surface area contributed by atoms with E-state index in [1.165, 1.54) is 8.61 Å². The fourth-order valence-electron chi connectivity index (χ4n) is 0.997. The van der Waals surface area contributed by atoms with Gasteiger partial charge >= 0.3 is 0 Å². The minimum atomic E-state index is -3.41.